The normalized spacial score (nSPS) is 11.0. The first-order valence-corrected chi connectivity index (χ1v) is 8.01. The number of ether oxygens (including phenoxy) is 3. The Bertz CT molecular complexity index is 217. The van der Waals surface area contributed by atoms with E-state index in [1.54, 1.807) is 0 Å². The van der Waals surface area contributed by atoms with Crippen molar-refractivity contribution in [3.05, 3.63) is 0 Å². The Morgan fingerprint density at radius 2 is 1.65 bits per heavy atom. The maximum Gasteiger partial charge on any atom is 0.305 e. The molecule has 0 rings (SSSR count). The molecule has 0 heterocycles. The van der Waals surface area contributed by atoms with Gasteiger partial charge >= 0.3 is 5.97 Å². The summed E-state index contributed by atoms with van der Waals surface area (Å²) in [6, 6.07) is 0. The van der Waals surface area contributed by atoms with Crippen molar-refractivity contribution in [2.75, 3.05) is 26.4 Å². The summed E-state index contributed by atoms with van der Waals surface area (Å²) in [5.74, 6) is -0.109. The molecule has 0 spiro atoms. The van der Waals surface area contributed by atoms with E-state index in [9.17, 15) is 4.79 Å². The van der Waals surface area contributed by atoms with Gasteiger partial charge in [-0.1, -0.05) is 32.6 Å². The number of esters is 1. The molecule has 0 fully saturated rings. The molecule has 0 aromatic carbocycles. The fourth-order valence-electron chi connectivity index (χ4n) is 1.73. The molecule has 0 saturated carbocycles. The number of hydrogen-bond acceptors (Lipinski definition) is 4. The van der Waals surface area contributed by atoms with Crippen molar-refractivity contribution in [1.29, 1.82) is 0 Å². The van der Waals surface area contributed by atoms with Crippen LogP contribution in [0.4, 0.5) is 0 Å². The van der Waals surface area contributed by atoms with Crippen LogP contribution in [0.25, 0.3) is 0 Å². The van der Waals surface area contributed by atoms with Crippen LogP contribution in [-0.2, 0) is 19.0 Å². The van der Waals surface area contributed by atoms with Crippen molar-refractivity contribution >= 4 is 5.97 Å². The topological polar surface area (TPSA) is 44.8 Å². The van der Waals surface area contributed by atoms with Crippen molar-refractivity contribution in [3.63, 3.8) is 0 Å². The minimum Gasteiger partial charge on any atom is -0.466 e. The summed E-state index contributed by atoms with van der Waals surface area (Å²) >= 11 is 0. The van der Waals surface area contributed by atoms with Gasteiger partial charge in [-0.15, -0.1) is 0 Å². The van der Waals surface area contributed by atoms with Crippen LogP contribution in [0, 0.1) is 0 Å². The summed E-state index contributed by atoms with van der Waals surface area (Å²) in [7, 11) is 0. The van der Waals surface area contributed by atoms with Crippen LogP contribution in [0.15, 0.2) is 0 Å². The Morgan fingerprint density at radius 3 is 2.35 bits per heavy atom. The second-order valence-corrected chi connectivity index (χ2v) is 5.27. The molecular weight excluding hydrogens is 256 g/mol. The molecule has 0 N–H and O–H groups in total. The van der Waals surface area contributed by atoms with Crippen molar-refractivity contribution in [1.82, 2.24) is 0 Å². The highest BCUT2D eigenvalue weighted by Gasteiger charge is 2.02. The maximum atomic E-state index is 11.4. The number of carbonyl (C=O) groups is 1. The Kier molecular flexibility index (Phi) is 14.3. The van der Waals surface area contributed by atoms with Crippen molar-refractivity contribution in [2.45, 2.75) is 71.8 Å². The third kappa shape index (κ3) is 15.4. The van der Waals surface area contributed by atoms with Gasteiger partial charge in [-0.05, 0) is 26.7 Å². The number of unbranched alkanes of at least 4 members (excludes halogenated alkanes) is 4. The van der Waals surface area contributed by atoms with Gasteiger partial charge in [0.15, 0.2) is 0 Å². The average molecular weight is 288 g/mol. The zero-order valence-corrected chi connectivity index (χ0v) is 13.5. The molecule has 0 aliphatic heterocycles. The predicted molar refractivity (Wildman–Crippen MR) is 80.9 cm³/mol. The summed E-state index contributed by atoms with van der Waals surface area (Å²) in [4.78, 5) is 11.4. The van der Waals surface area contributed by atoms with Gasteiger partial charge in [0.2, 0.25) is 0 Å². The van der Waals surface area contributed by atoms with Gasteiger partial charge in [-0.25, -0.2) is 0 Å². The molecule has 0 unspecified atom stereocenters. The second-order valence-electron chi connectivity index (χ2n) is 5.27. The fraction of sp³-hybridized carbons (Fsp3) is 0.938. The largest absolute Gasteiger partial charge is 0.466 e. The molecule has 0 bridgehead atoms. The van der Waals surface area contributed by atoms with Crippen LogP contribution in [-0.4, -0.2) is 38.5 Å². The van der Waals surface area contributed by atoms with E-state index in [0.29, 0.717) is 32.8 Å². The van der Waals surface area contributed by atoms with E-state index < -0.39 is 0 Å². The lowest BCUT2D eigenvalue weighted by molar-refractivity contribution is -0.144. The van der Waals surface area contributed by atoms with E-state index in [1.165, 1.54) is 19.3 Å². The van der Waals surface area contributed by atoms with E-state index in [2.05, 4.69) is 6.92 Å². The van der Waals surface area contributed by atoms with E-state index in [4.69, 9.17) is 14.2 Å². The van der Waals surface area contributed by atoms with Crippen LogP contribution in [0.5, 0.6) is 0 Å². The van der Waals surface area contributed by atoms with E-state index in [1.807, 2.05) is 13.8 Å². The molecular formula is C16H32O4. The standard InChI is InChI=1S/C16H32O4/c1-4-5-6-7-8-12-20-16(17)10-9-11-18-13-14-19-15(2)3/h15H,4-14H2,1-3H3. The molecule has 0 aromatic heterocycles. The van der Waals surface area contributed by atoms with Crippen LogP contribution in [0.1, 0.15) is 65.7 Å². The molecule has 0 aliphatic carbocycles. The molecule has 4 nitrogen and oxygen atoms in total. The fourth-order valence-corrected chi connectivity index (χ4v) is 1.73. The molecule has 120 valence electrons. The van der Waals surface area contributed by atoms with Gasteiger partial charge in [-0.2, -0.15) is 0 Å². The highest BCUT2D eigenvalue weighted by molar-refractivity contribution is 5.69. The number of rotatable bonds is 14. The van der Waals surface area contributed by atoms with Gasteiger partial charge in [0.05, 0.1) is 25.9 Å². The third-order valence-corrected chi connectivity index (χ3v) is 2.86. The molecule has 0 radical (unpaired) electrons. The van der Waals surface area contributed by atoms with E-state index in [-0.39, 0.29) is 12.1 Å². The lowest BCUT2D eigenvalue weighted by atomic mass is 10.2. The second kappa shape index (κ2) is 14.8. The SMILES string of the molecule is CCCCCCCOC(=O)CCCOCCOC(C)C. The Labute approximate surface area is 124 Å². The molecule has 20 heavy (non-hydrogen) atoms. The average Bonchev–Trinajstić information content (AvgIpc) is 2.41. The summed E-state index contributed by atoms with van der Waals surface area (Å²) < 4.78 is 15.9. The van der Waals surface area contributed by atoms with Crippen molar-refractivity contribution in [3.8, 4) is 0 Å². The van der Waals surface area contributed by atoms with Gasteiger partial charge < -0.3 is 14.2 Å². The zero-order chi connectivity index (χ0) is 15.1. The molecule has 0 saturated heterocycles. The molecule has 0 aliphatic rings. The number of hydrogen-bond donors (Lipinski definition) is 0. The Morgan fingerprint density at radius 1 is 0.900 bits per heavy atom. The summed E-state index contributed by atoms with van der Waals surface area (Å²) in [5, 5.41) is 0. The summed E-state index contributed by atoms with van der Waals surface area (Å²) in [5.41, 5.74) is 0. The minimum atomic E-state index is -0.109. The van der Waals surface area contributed by atoms with Crippen LogP contribution in [0.3, 0.4) is 0 Å². The molecule has 0 amide bonds. The van der Waals surface area contributed by atoms with Gasteiger partial charge in [0.1, 0.15) is 0 Å². The van der Waals surface area contributed by atoms with E-state index in [0.717, 1.165) is 19.3 Å². The molecule has 0 aromatic rings. The third-order valence-electron chi connectivity index (χ3n) is 2.86. The summed E-state index contributed by atoms with van der Waals surface area (Å²) in [6.07, 6.45) is 7.28. The van der Waals surface area contributed by atoms with Crippen LogP contribution >= 0.6 is 0 Å². The molecule has 0 atom stereocenters. The minimum absolute atomic E-state index is 0.109. The van der Waals surface area contributed by atoms with Gasteiger partial charge in [0, 0.05) is 13.0 Å². The van der Waals surface area contributed by atoms with Crippen LogP contribution in [0.2, 0.25) is 0 Å². The first-order valence-electron chi connectivity index (χ1n) is 8.01. The lowest BCUT2D eigenvalue weighted by Gasteiger charge is -2.08. The number of carbonyl (C=O) groups excluding carboxylic acids is 1. The highest BCUT2D eigenvalue weighted by Crippen LogP contribution is 2.03. The first-order chi connectivity index (χ1) is 9.66. The Hall–Kier alpha value is -0.610. The van der Waals surface area contributed by atoms with Gasteiger partial charge in [0.25, 0.3) is 0 Å². The highest BCUT2D eigenvalue weighted by atomic mass is 16.5. The van der Waals surface area contributed by atoms with Crippen molar-refractivity contribution in [2.24, 2.45) is 0 Å². The van der Waals surface area contributed by atoms with Crippen LogP contribution < -0.4 is 0 Å². The molecule has 4 heteroatoms. The Balaban J connectivity index is 3.16. The maximum absolute atomic E-state index is 11.4. The smallest absolute Gasteiger partial charge is 0.305 e. The van der Waals surface area contributed by atoms with E-state index >= 15 is 0 Å². The monoisotopic (exact) mass is 288 g/mol. The zero-order valence-electron chi connectivity index (χ0n) is 13.5. The van der Waals surface area contributed by atoms with Gasteiger partial charge in [-0.3, -0.25) is 4.79 Å². The quantitative estimate of drug-likeness (QED) is 0.361. The lowest BCUT2D eigenvalue weighted by Crippen LogP contribution is -2.11. The van der Waals surface area contributed by atoms with Crippen molar-refractivity contribution < 1.29 is 19.0 Å². The predicted octanol–water partition coefficient (Wildman–Crippen LogP) is 3.72. The summed E-state index contributed by atoms with van der Waals surface area (Å²) in [6.45, 7) is 8.54. The first kappa shape index (κ1) is 19.4.